The zero-order valence-corrected chi connectivity index (χ0v) is 12.6. The Morgan fingerprint density at radius 3 is 2.60 bits per heavy atom. The van der Waals surface area contributed by atoms with Crippen molar-refractivity contribution >= 4 is 16.0 Å². The lowest BCUT2D eigenvalue weighted by atomic mass is 10.2. The summed E-state index contributed by atoms with van der Waals surface area (Å²) in [7, 11) is -2.24. The Hall–Kier alpha value is -1.44. The van der Waals surface area contributed by atoms with E-state index in [-0.39, 0.29) is 29.7 Å². The molecular weight excluding hydrogens is 282 g/mol. The van der Waals surface area contributed by atoms with E-state index in [0.717, 1.165) is 0 Å². The van der Waals surface area contributed by atoms with E-state index in [0.29, 0.717) is 0 Å². The van der Waals surface area contributed by atoms with E-state index in [9.17, 15) is 13.2 Å². The van der Waals surface area contributed by atoms with Gasteiger partial charge in [-0.3, -0.25) is 0 Å². The Kier molecular flexibility index (Phi) is 5.67. The van der Waals surface area contributed by atoms with E-state index in [4.69, 9.17) is 9.84 Å². The minimum atomic E-state index is -3.74. The summed E-state index contributed by atoms with van der Waals surface area (Å²) in [6.45, 7) is 4.02. The first-order chi connectivity index (χ1) is 9.34. The Morgan fingerprint density at radius 1 is 1.45 bits per heavy atom. The van der Waals surface area contributed by atoms with Crippen LogP contribution in [0, 0.1) is 0 Å². The molecule has 1 N–H and O–H groups in total. The predicted molar refractivity (Wildman–Crippen MR) is 74.3 cm³/mol. The maximum Gasteiger partial charge on any atom is 0.335 e. The summed E-state index contributed by atoms with van der Waals surface area (Å²) in [5.41, 5.74) is -0.0541. The minimum Gasteiger partial charge on any atom is -0.478 e. The summed E-state index contributed by atoms with van der Waals surface area (Å²) in [5.74, 6) is -1.16. The van der Waals surface area contributed by atoms with Crippen molar-refractivity contribution in [3.63, 3.8) is 0 Å². The zero-order chi connectivity index (χ0) is 15.3. The second-order valence-corrected chi connectivity index (χ2v) is 6.24. The van der Waals surface area contributed by atoms with Crippen LogP contribution in [0.15, 0.2) is 29.2 Å². The molecule has 0 fully saturated rings. The molecule has 1 unspecified atom stereocenters. The number of carbonyl (C=O) groups is 1. The van der Waals surface area contributed by atoms with Gasteiger partial charge in [-0.2, -0.15) is 4.31 Å². The van der Waals surface area contributed by atoms with Crippen LogP contribution in [0.5, 0.6) is 0 Å². The van der Waals surface area contributed by atoms with Gasteiger partial charge in [-0.1, -0.05) is 13.0 Å². The first-order valence-corrected chi connectivity index (χ1v) is 7.62. The van der Waals surface area contributed by atoms with Crippen LogP contribution in [-0.2, 0) is 14.8 Å². The fourth-order valence-electron chi connectivity index (χ4n) is 1.97. The second kappa shape index (κ2) is 6.83. The topological polar surface area (TPSA) is 83.9 Å². The van der Waals surface area contributed by atoms with Gasteiger partial charge in [0.05, 0.1) is 17.1 Å². The maximum atomic E-state index is 12.5. The van der Waals surface area contributed by atoms with Crippen LogP contribution in [0.25, 0.3) is 0 Å². The number of carboxylic acid groups (broad SMARTS) is 1. The van der Waals surface area contributed by atoms with E-state index >= 15 is 0 Å². The van der Waals surface area contributed by atoms with Gasteiger partial charge in [-0.05, 0) is 25.1 Å². The normalized spacial score (nSPS) is 13.4. The Bertz CT molecular complexity index is 570. The lowest BCUT2D eigenvalue weighted by molar-refractivity contribution is 0.0696. The van der Waals surface area contributed by atoms with Gasteiger partial charge < -0.3 is 9.84 Å². The molecule has 0 aromatic heterocycles. The summed E-state index contributed by atoms with van der Waals surface area (Å²) < 4.78 is 31.3. The summed E-state index contributed by atoms with van der Waals surface area (Å²) in [4.78, 5) is 10.9. The van der Waals surface area contributed by atoms with Crippen LogP contribution in [0.1, 0.15) is 24.2 Å². The van der Waals surface area contributed by atoms with Gasteiger partial charge in [0.2, 0.25) is 10.0 Å². The summed E-state index contributed by atoms with van der Waals surface area (Å²) in [5, 5.41) is 8.94. The molecule has 0 bridgehead atoms. The van der Waals surface area contributed by atoms with Crippen LogP contribution in [0.2, 0.25) is 0 Å². The number of carboxylic acids is 1. The Morgan fingerprint density at radius 2 is 2.10 bits per heavy atom. The lowest BCUT2D eigenvalue weighted by Crippen LogP contribution is -2.40. The predicted octanol–water partition coefficient (Wildman–Crippen LogP) is 1.43. The van der Waals surface area contributed by atoms with Crippen molar-refractivity contribution < 1.29 is 23.1 Å². The van der Waals surface area contributed by atoms with Crippen molar-refractivity contribution in [3.8, 4) is 0 Å². The van der Waals surface area contributed by atoms with Crippen molar-refractivity contribution in [2.24, 2.45) is 0 Å². The average Bonchev–Trinajstić information content (AvgIpc) is 2.39. The largest absolute Gasteiger partial charge is 0.478 e. The molecule has 1 atom stereocenters. The summed E-state index contributed by atoms with van der Waals surface area (Å²) >= 11 is 0. The number of benzene rings is 1. The van der Waals surface area contributed by atoms with Gasteiger partial charge >= 0.3 is 5.97 Å². The first kappa shape index (κ1) is 16.6. The van der Waals surface area contributed by atoms with Gasteiger partial charge in [0.1, 0.15) is 0 Å². The van der Waals surface area contributed by atoms with E-state index in [1.165, 1.54) is 35.7 Å². The molecule has 0 heterocycles. The van der Waals surface area contributed by atoms with Gasteiger partial charge in [0.25, 0.3) is 0 Å². The van der Waals surface area contributed by atoms with Gasteiger partial charge in [0.15, 0.2) is 0 Å². The molecular formula is C13H19NO5S. The number of hydrogen-bond donors (Lipinski definition) is 1. The molecule has 0 amide bonds. The van der Waals surface area contributed by atoms with E-state index in [1.807, 2.05) is 0 Å². The zero-order valence-electron chi connectivity index (χ0n) is 11.7. The monoisotopic (exact) mass is 301 g/mol. The molecule has 1 rings (SSSR count). The number of methoxy groups -OCH3 is 1. The molecule has 0 saturated carbocycles. The molecule has 0 aliphatic heterocycles. The van der Waals surface area contributed by atoms with Gasteiger partial charge in [0, 0.05) is 19.7 Å². The third-order valence-electron chi connectivity index (χ3n) is 2.90. The molecule has 0 saturated heterocycles. The highest BCUT2D eigenvalue weighted by Crippen LogP contribution is 2.19. The number of sulfonamides is 1. The number of aromatic carboxylic acids is 1. The molecule has 1 aromatic rings. The number of rotatable bonds is 7. The van der Waals surface area contributed by atoms with E-state index in [1.54, 1.807) is 13.8 Å². The minimum absolute atomic E-state index is 0.0257. The van der Waals surface area contributed by atoms with Crippen molar-refractivity contribution in [1.29, 1.82) is 0 Å². The highest BCUT2D eigenvalue weighted by atomic mass is 32.2. The maximum absolute atomic E-state index is 12.5. The first-order valence-electron chi connectivity index (χ1n) is 6.18. The SMILES string of the molecule is CCN(C(C)COC)S(=O)(=O)c1cccc(C(=O)O)c1. The molecule has 7 heteroatoms. The highest BCUT2D eigenvalue weighted by molar-refractivity contribution is 7.89. The van der Waals surface area contributed by atoms with Crippen LogP contribution >= 0.6 is 0 Å². The molecule has 0 aliphatic rings. The molecule has 0 spiro atoms. The fourth-order valence-corrected chi connectivity index (χ4v) is 3.64. The van der Waals surface area contributed by atoms with Crippen LogP contribution in [0.3, 0.4) is 0 Å². The van der Waals surface area contributed by atoms with Crippen molar-refractivity contribution in [1.82, 2.24) is 4.31 Å². The van der Waals surface area contributed by atoms with Crippen LogP contribution < -0.4 is 0 Å². The van der Waals surface area contributed by atoms with Crippen molar-refractivity contribution in [2.45, 2.75) is 24.8 Å². The highest BCUT2D eigenvalue weighted by Gasteiger charge is 2.28. The third kappa shape index (κ3) is 3.56. The standard InChI is InChI=1S/C13H19NO5S/c1-4-14(10(2)9-19-3)20(17,18)12-7-5-6-11(8-12)13(15)16/h5-8,10H,4,9H2,1-3H3,(H,15,16). The average molecular weight is 301 g/mol. The molecule has 1 aromatic carbocycles. The Labute approximate surface area is 119 Å². The Balaban J connectivity index is 3.20. The third-order valence-corrected chi connectivity index (χ3v) is 4.98. The van der Waals surface area contributed by atoms with Gasteiger partial charge in [-0.25, -0.2) is 13.2 Å². The molecule has 0 radical (unpaired) electrons. The second-order valence-electron chi connectivity index (χ2n) is 4.35. The number of ether oxygens (including phenoxy) is 1. The van der Waals surface area contributed by atoms with Gasteiger partial charge in [-0.15, -0.1) is 0 Å². The lowest BCUT2D eigenvalue weighted by Gasteiger charge is -2.26. The number of likely N-dealkylation sites (N-methyl/N-ethyl adjacent to an activating group) is 1. The summed E-state index contributed by atoms with van der Waals surface area (Å²) in [6, 6.07) is 5.01. The van der Waals surface area contributed by atoms with Crippen LogP contribution in [0.4, 0.5) is 0 Å². The molecule has 0 aliphatic carbocycles. The van der Waals surface area contributed by atoms with Crippen molar-refractivity contribution in [2.75, 3.05) is 20.3 Å². The van der Waals surface area contributed by atoms with E-state index < -0.39 is 16.0 Å². The number of hydrogen-bond acceptors (Lipinski definition) is 4. The molecule has 6 nitrogen and oxygen atoms in total. The smallest absolute Gasteiger partial charge is 0.335 e. The molecule has 20 heavy (non-hydrogen) atoms. The quantitative estimate of drug-likeness (QED) is 0.823. The van der Waals surface area contributed by atoms with Crippen molar-refractivity contribution in [3.05, 3.63) is 29.8 Å². The number of nitrogens with zero attached hydrogens (tertiary/aromatic N) is 1. The summed E-state index contributed by atoms with van der Waals surface area (Å²) in [6.07, 6.45) is 0. The fraction of sp³-hybridized carbons (Fsp3) is 0.462. The van der Waals surface area contributed by atoms with Crippen LogP contribution in [-0.4, -0.2) is 50.1 Å². The molecule has 112 valence electrons. The van der Waals surface area contributed by atoms with E-state index in [2.05, 4.69) is 0 Å².